The average molecular weight is 1020 g/mol. The Morgan fingerprint density at radius 3 is 1.49 bits per heavy atom. The molecule has 0 bridgehead atoms. The zero-order valence-corrected chi connectivity index (χ0v) is 45.1. The standard InChI is InChI=1S/C29H41ClN2O4.C27H35ClN2O5/c1-20(2)17-32(18-21(3)4)26(33)19-36-31-24-13-11-9-7-8-10-12-14-35-29(34)27-22(5)15-23(6)28(30)25(27)16-24;1-18-13-19(2)26(28)23-14-22(11-9-7-5-6-8-10-12-33-27(32)25(18)23)29-34-17-24(31)30-15-20(3)35-21(4)16-30/h8,10-11,13,15,20-21H,7,9,12,14,16-19H2,1-6H3;6,8-9,11,13,20-21H,5,7,10,12,14-17H2,1-4H3/b10-8+,13-11?,31-24-;8-6+,11-9?,29-22+. The van der Waals surface area contributed by atoms with Crippen molar-refractivity contribution in [1.82, 2.24) is 9.80 Å². The van der Waals surface area contributed by atoms with E-state index in [0.717, 1.165) is 47.9 Å². The average Bonchev–Trinajstić information content (AvgIpc) is 3.29. The lowest BCUT2D eigenvalue weighted by atomic mass is 9.94. The highest BCUT2D eigenvalue weighted by atomic mass is 35.5. The lowest BCUT2D eigenvalue weighted by molar-refractivity contribution is -0.147. The van der Waals surface area contributed by atoms with Gasteiger partial charge in [0.05, 0.1) is 48.0 Å². The summed E-state index contributed by atoms with van der Waals surface area (Å²) in [5, 5.41) is 9.60. The molecule has 15 heteroatoms. The van der Waals surface area contributed by atoms with E-state index in [9.17, 15) is 19.2 Å². The number of esters is 2. The van der Waals surface area contributed by atoms with E-state index in [4.69, 9.17) is 47.1 Å². The molecule has 0 radical (unpaired) electrons. The fourth-order valence-corrected chi connectivity index (χ4v) is 8.97. The summed E-state index contributed by atoms with van der Waals surface area (Å²) in [6, 6.07) is 3.78. The molecule has 3 heterocycles. The second-order valence-corrected chi connectivity index (χ2v) is 20.1. The van der Waals surface area contributed by atoms with Gasteiger partial charge in [-0.05, 0) is 137 Å². The molecular weight excluding hydrogens is 944 g/mol. The maximum absolute atomic E-state index is 13.0. The number of ether oxygens (including phenoxy) is 3. The van der Waals surface area contributed by atoms with E-state index in [1.165, 1.54) is 0 Å². The highest BCUT2D eigenvalue weighted by molar-refractivity contribution is 6.33. The fourth-order valence-electron chi connectivity index (χ4n) is 8.54. The Morgan fingerprint density at radius 1 is 0.648 bits per heavy atom. The number of cyclic esters (lactones) is 2. The normalized spacial score (nSPS) is 20.4. The topological polar surface area (TPSA) is 146 Å². The second kappa shape index (κ2) is 29.9. The number of fused-ring (bicyclic) bond motifs is 2. The highest BCUT2D eigenvalue weighted by Crippen LogP contribution is 2.31. The van der Waals surface area contributed by atoms with Crippen LogP contribution in [0.15, 0.2) is 71.1 Å². The molecule has 0 N–H and O–H groups in total. The predicted molar refractivity (Wildman–Crippen MR) is 284 cm³/mol. The summed E-state index contributed by atoms with van der Waals surface area (Å²) < 4.78 is 16.8. The number of nitrogens with zero attached hydrogens (tertiary/aromatic N) is 4. The van der Waals surface area contributed by atoms with Crippen molar-refractivity contribution >= 4 is 58.4 Å². The number of carbonyl (C=O) groups is 4. The van der Waals surface area contributed by atoms with E-state index in [0.29, 0.717) is 108 Å². The van der Waals surface area contributed by atoms with Gasteiger partial charge in [0.25, 0.3) is 11.8 Å². The van der Waals surface area contributed by atoms with E-state index in [1.807, 2.05) is 95.0 Å². The van der Waals surface area contributed by atoms with E-state index in [1.54, 1.807) is 4.90 Å². The molecule has 5 rings (SSSR count). The summed E-state index contributed by atoms with van der Waals surface area (Å²) in [6.45, 7) is 22.5. The predicted octanol–water partition coefficient (Wildman–Crippen LogP) is 11.4. The van der Waals surface area contributed by atoms with Crippen LogP contribution in [0.25, 0.3) is 0 Å². The van der Waals surface area contributed by atoms with Gasteiger partial charge < -0.3 is 33.7 Å². The molecule has 2 unspecified atom stereocenters. The van der Waals surface area contributed by atoms with Crippen LogP contribution < -0.4 is 0 Å². The maximum atomic E-state index is 13.0. The Kier molecular flexibility index (Phi) is 24.6. The van der Waals surface area contributed by atoms with Crippen molar-refractivity contribution in [3.8, 4) is 0 Å². The molecule has 13 nitrogen and oxygen atoms in total. The van der Waals surface area contributed by atoms with Crippen LogP contribution in [0.4, 0.5) is 0 Å². The van der Waals surface area contributed by atoms with E-state index in [2.05, 4.69) is 50.2 Å². The van der Waals surface area contributed by atoms with E-state index < -0.39 is 11.9 Å². The summed E-state index contributed by atoms with van der Waals surface area (Å²) in [5.41, 5.74) is 6.73. The SMILES string of the molecule is Cc1cc(C)c2c(c1Cl)C/C(=N/OCC(=O)N1CC(C)OC(C)C1)C=CCC/C=C/CCOC2=O.Cc1cc(C)c2c(c1Cl)C/C(=N\OCC(=O)N(CC(C)C)CC(C)C)C=CCC/C=C/CCOC2=O. The van der Waals surface area contributed by atoms with Gasteiger partial charge in [-0.15, -0.1) is 0 Å². The number of amides is 2. The Labute approximate surface area is 432 Å². The molecule has 388 valence electrons. The number of aryl methyl sites for hydroxylation is 4. The van der Waals surface area contributed by atoms with Gasteiger partial charge in [-0.3, -0.25) is 9.59 Å². The zero-order chi connectivity index (χ0) is 52.0. The van der Waals surface area contributed by atoms with Crippen LogP contribution in [0, 0.1) is 39.5 Å². The number of oxime groups is 2. The number of morpholine rings is 1. The molecule has 3 aliphatic rings. The molecule has 0 saturated carbocycles. The molecule has 71 heavy (non-hydrogen) atoms. The molecule has 3 aliphatic heterocycles. The molecule has 1 fully saturated rings. The Hall–Kier alpha value is -5.24. The molecular formula is C56H76Cl2N4O9. The monoisotopic (exact) mass is 1020 g/mol. The van der Waals surface area contributed by atoms with Crippen LogP contribution in [0.2, 0.25) is 10.0 Å². The van der Waals surface area contributed by atoms with E-state index >= 15 is 0 Å². The Morgan fingerprint density at radius 2 is 1.06 bits per heavy atom. The number of allylic oxidation sites excluding steroid dienone is 6. The van der Waals surface area contributed by atoms with Gasteiger partial charge in [-0.1, -0.05) is 110 Å². The third-order valence-electron chi connectivity index (χ3n) is 11.6. The number of halogens is 2. The number of rotatable bonds is 10. The number of carbonyl (C=O) groups excluding carboxylic acids is 4. The molecule has 0 aliphatic carbocycles. The van der Waals surface area contributed by atoms with E-state index in [-0.39, 0.29) is 50.1 Å². The van der Waals surface area contributed by atoms with Gasteiger partial charge in [0.2, 0.25) is 0 Å². The molecule has 2 atom stereocenters. The minimum Gasteiger partial charge on any atom is -0.462 e. The smallest absolute Gasteiger partial charge is 0.338 e. The summed E-state index contributed by atoms with van der Waals surface area (Å²) in [7, 11) is 0. The van der Waals surface area contributed by atoms with Crippen molar-refractivity contribution in [3.05, 3.63) is 115 Å². The third kappa shape index (κ3) is 19.4. The van der Waals surface area contributed by atoms with Crippen LogP contribution in [0.5, 0.6) is 0 Å². The first-order valence-corrected chi connectivity index (χ1v) is 25.7. The van der Waals surface area contributed by atoms with Gasteiger partial charge >= 0.3 is 11.9 Å². The lowest BCUT2D eigenvalue weighted by Gasteiger charge is -2.35. The molecule has 2 aromatic rings. The first-order valence-electron chi connectivity index (χ1n) is 25.0. The molecule has 2 amide bonds. The lowest BCUT2D eigenvalue weighted by Crippen LogP contribution is -2.49. The van der Waals surface area contributed by atoms with Crippen LogP contribution in [0.3, 0.4) is 0 Å². The largest absolute Gasteiger partial charge is 0.462 e. The molecule has 0 aromatic heterocycles. The number of hydrogen-bond donors (Lipinski definition) is 0. The summed E-state index contributed by atoms with van der Waals surface area (Å²) >= 11 is 13.4. The zero-order valence-electron chi connectivity index (χ0n) is 43.6. The summed E-state index contributed by atoms with van der Waals surface area (Å²) in [4.78, 5) is 66.1. The molecule has 2 aromatic carbocycles. The summed E-state index contributed by atoms with van der Waals surface area (Å²) in [5.74, 6) is -0.307. The van der Waals surface area contributed by atoms with Crippen molar-refractivity contribution in [2.45, 2.75) is 133 Å². The van der Waals surface area contributed by atoms with Crippen LogP contribution >= 0.6 is 23.2 Å². The van der Waals surface area contributed by atoms with Gasteiger partial charge in [-0.2, -0.15) is 0 Å². The van der Waals surface area contributed by atoms with Crippen molar-refractivity contribution in [3.63, 3.8) is 0 Å². The Balaban J connectivity index is 0.000000309. The van der Waals surface area contributed by atoms with Crippen molar-refractivity contribution < 1.29 is 43.1 Å². The first-order chi connectivity index (χ1) is 33.9. The Bertz CT molecular complexity index is 2310. The van der Waals surface area contributed by atoms with Crippen LogP contribution in [0.1, 0.15) is 134 Å². The fraction of sp³-hybridized carbons (Fsp3) is 0.536. The number of benzene rings is 2. The quantitative estimate of drug-likeness (QED) is 0.129. The maximum Gasteiger partial charge on any atom is 0.338 e. The van der Waals surface area contributed by atoms with Crippen LogP contribution in [-0.2, 0) is 46.3 Å². The van der Waals surface area contributed by atoms with Crippen LogP contribution in [-0.4, -0.2) is 110 Å². The molecule has 0 spiro atoms. The second-order valence-electron chi connectivity index (χ2n) is 19.3. The van der Waals surface area contributed by atoms with Crippen molar-refractivity contribution in [1.29, 1.82) is 0 Å². The van der Waals surface area contributed by atoms with Crippen molar-refractivity contribution in [2.75, 3.05) is 52.6 Å². The summed E-state index contributed by atoms with van der Waals surface area (Å²) in [6.07, 6.45) is 21.2. The van der Waals surface area contributed by atoms with Gasteiger partial charge in [0.1, 0.15) is 0 Å². The molecule has 1 saturated heterocycles. The van der Waals surface area contributed by atoms with Gasteiger partial charge in [-0.25, -0.2) is 9.59 Å². The highest BCUT2D eigenvalue weighted by Gasteiger charge is 2.27. The first kappa shape index (κ1) is 58.3. The minimum atomic E-state index is -0.403. The van der Waals surface area contributed by atoms with Gasteiger partial charge in [0.15, 0.2) is 13.2 Å². The minimum absolute atomic E-state index is 0.0181. The van der Waals surface area contributed by atoms with Gasteiger partial charge in [0, 0.05) is 49.1 Å². The number of hydrogen-bond acceptors (Lipinski definition) is 11. The van der Waals surface area contributed by atoms with Crippen molar-refractivity contribution in [2.24, 2.45) is 22.1 Å². The third-order valence-corrected chi connectivity index (χ3v) is 12.7.